The Morgan fingerprint density at radius 3 is 2.50 bits per heavy atom. The molecule has 0 aromatic heterocycles. The van der Waals surface area contributed by atoms with E-state index in [-0.39, 0.29) is 5.75 Å². The van der Waals surface area contributed by atoms with Gasteiger partial charge >= 0.3 is 5.97 Å². The molecule has 0 unspecified atom stereocenters. The Hall–Kier alpha value is -1.71. The van der Waals surface area contributed by atoms with Crippen LogP contribution in [0.5, 0.6) is 11.5 Å². The lowest BCUT2D eigenvalue weighted by Gasteiger charge is -2.09. The molecule has 1 N–H and O–H groups in total. The summed E-state index contributed by atoms with van der Waals surface area (Å²) in [4.78, 5) is 11.3. The number of hydrogen-bond acceptors (Lipinski definition) is 4. The highest BCUT2D eigenvalue weighted by molar-refractivity contribution is 5.94. The van der Waals surface area contributed by atoms with Gasteiger partial charge in [0.05, 0.1) is 14.2 Å². The van der Waals surface area contributed by atoms with Crippen molar-refractivity contribution in [1.29, 1.82) is 0 Å². The maximum Gasteiger partial charge on any atom is 0.341 e. The number of aryl methyl sites for hydroxylation is 1. The number of aromatic hydroxyl groups is 1. The monoisotopic (exact) mass is 196 g/mol. The molecule has 0 bridgehead atoms. The van der Waals surface area contributed by atoms with Crippen molar-refractivity contribution in [3.05, 3.63) is 23.3 Å². The summed E-state index contributed by atoms with van der Waals surface area (Å²) < 4.78 is 9.57. The molecule has 4 heteroatoms. The zero-order valence-corrected chi connectivity index (χ0v) is 8.33. The minimum atomic E-state index is -0.473. The van der Waals surface area contributed by atoms with Crippen molar-refractivity contribution in [2.45, 2.75) is 6.92 Å². The fourth-order valence-electron chi connectivity index (χ4n) is 1.26. The molecule has 0 atom stereocenters. The SMILES string of the molecule is COC(=O)c1c(C)cc(O)cc1OC. The van der Waals surface area contributed by atoms with E-state index >= 15 is 0 Å². The summed E-state index contributed by atoms with van der Waals surface area (Å²) in [6.45, 7) is 1.70. The number of ether oxygens (including phenoxy) is 2. The lowest BCUT2D eigenvalue weighted by atomic mass is 10.1. The second-order valence-corrected chi connectivity index (χ2v) is 2.83. The average molecular weight is 196 g/mol. The molecule has 0 heterocycles. The van der Waals surface area contributed by atoms with E-state index < -0.39 is 5.97 Å². The Kier molecular flexibility index (Phi) is 2.96. The number of hydrogen-bond donors (Lipinski definition) is 1. The van der Waals surface area contributed by atoms with Gasteiger partial charge in [-0.05, 0) is 18.6 Å². The van der Waals surface area contributed by atoms with Crippen molar-refractivity contribution in [1.82, 2.24) is 0 Å². The van der Waals surface area contributed by atoms with Gasteiger partial charge in [-0.25, -0.2) is 4.79 Å². The molecule has 0 saturated carbocycles. The molecule has 0 aliphatic rings. The summed E-state index contributed by atoms with van der Waals surface area (Å²) in [7, 11) is 2.73. The molecule has 0 saturated heterocycles. The summed E-state index contributed by atoms with van der Waals surface area (Å²) in [5, 5.41) is 9.27. The zero-order chi connectivity index (χ0) is 10.7. The van der Waals surface area contributed by atoms with Crippen LogP contribution < -0.4 is 4.74 Å². The molecule has 1 rings (SSSR count). The molecule has 0 radical (unpaired) electrons. The molecule has 76 valence electrons. The molecular weight excluding hydrogens is 184 g/mol. The van der Waals surface area contributed by atoms with Crippen LogP contribution in [0.3, 0.4) is 0 Å². The molecule has 0 fully saturated rings. The van der Waals surface area contributed by atoms with Crippen LogP contribution in [0.1, 0.15) is 15.9 Å². The van der Waals surface area contributed by atoms with Crippen LogP contribution in [0.25, 0.3) is 0 Å². The number of methoxy groups -OCH3 is 2. The predicted octanol–water partition coefficient (Wildman–Crippen LogP) is 1.50. The normalized spacial score (nSPS) is 9.64. The van der Waals surface area contributed by atoms with Gasteiger partial charge < -0.3 is 14.6 Å². The lowest BCUT2D eigenvalue weighted by molar-refractivity contribution is 0.0596. The van der Waals surface area contributed by atoms with E-state index in [9.17, 15) is 9.90 Å². The van der Waals surface area contributed by atoms with E-state index in [1.165, 1.54) is 26.4 Å². The maximum atomic E-state index is 11.3. The number of benzene rings is 1. The van der Waals surface area contributed by atoms with E-state index in [4.69, 9.17) is 4.74 Å². The second-order valence-electron chi connectivity index (χ2n) is 2.83. The molecule has 1 aromatic carbocycles. The molecule has 0 spiro atoms. The zero-order valence-electron chi connectivity index (χ0n) is 8.33. The summed E-state index contributed by atoms with van der Waals surface area (Å²) >= 11 is 0. The number of phenolic OH excluding ortho intramolecular Hbond substituents is 1. The van der Waals surface area contributed by atoms with Crippen LogP contribution in [-0.2, 0) is 4.74 Å². The Balaban J connectivity index is 3.32. The highest BCUT2D eigenvalue weighted by Crippen LogP contribution is 2.28. The van der Waals surface area contributed by atoms with Gasteiger partial charge in [0.15, 0.2) is 0 Å². The van der Waals surface area contributed by atoms with Crippen LogP contribution in [0.4, 0.5) is 0 Å². The van der Waals surface area contributed by atoms with E-state index in [0.29, 0.717) is 16.9 Å². The Morgan fingerprint density at radius 1 is 1.36 bits per heavy atom. The van der Waals surface area contributed by atoms with Gasteiger partial charge in [-0.3, -0.25) is 0 Å². The van der Waals surface area contributed by atoms with Crippen molar-refractivity contribution >= 4 is 5.97 Å². The predicted molar refractivity (Wildman–Crippen MR) is 50.7 cm³/mol. The molecule has 1 aromatic rings. The summed E-state index contributed by atoms with van der Waals surface area (Å²) in [6.07, 6.45) is 0. The molecule has 4 nitrogen and oxygen atoms in total. The Bertz CT molecular complexity index is 357. The number of carbonyl (C=O) groups excluding carboxylic acids is 1. The highest BCUT2D eigenvalue weighted by Gasteiger charge is 2.16. The number of rotatable bonds is 2. The maximum absolute atomic E-state index is 11.3. The first-order valence-corrected chi connectivity index (χ1v) is 4.06. The van der Waals surface area contributed by atoms with Gasteiger partial charge in [0.25, 0.3) is 0 Å². The lowest BCUT2D eigenvalue weighted by Crippen LogP contribution is -2.06. The molecule has 14 heavy (non-hydrogen) atoms. The smallest absolute Gasteiger partial charge is 0.341 e. The third kappa shape index (κ3) is 1.79. The van der Waals surface area contributed by atoms with Crippen molar-refractivity contribution in [3.63, 3.8) is 0 Å². The van der Waals surface area contributed by atoms with E-state index in [2.05, 4.69) is 4.74 Å². The topological polar surface area (TPSA) is 55.8 Å². The summed E-state index contributed by atoms with van der Waals surface area (Å²) in [5.41, 5.74) is 0.960. The van der Waals surface area contributed by atoms with Gasteiger partial charge in [0, 0.05) is 6.07 Å². The van der Waals surface area contributed by atoms with Crippen molar-refractivity contribution in [2.75, 3.05) is 14.2 Å². The first kappa shape index (κ1) is 10.4. The molecular formula is C10H12O4. The van der Waals surface area contributed by atoms with Crippen LogP contribution in [0.15, 0.2) is 12.1 Å². The van der Waals surface area contributed by atoms with Crippen LogP contribution in [0.2, 0.25) is 0 Å². The Labute approximate surface area is 82.1 Å². The quantitative estimate of drug-likeness (QED) is 0.728. The molecule has 0 amide bonds. The van der Waals surface area contributed by atoms with Gasteiger partial charge in [-0.15, -0.1) is 0 Å². The molecule has 0 aliphatic carbocycles. The molecule has 0 aliphatic heterocycles. The summed E-state index contributed by atoms with van der Waals surface area (Å²) in [6, 6.07) is 2.86. The van der Waals surface area contributed by atoms with Crippen LogP contribution >= 0.6 is 0 Å². The first-order chi connectivity index (χ1) is 6.60. The minimum absolute atomic E-state index is 0.0620. The van der Waals surface area contributed by atoms with Gasteiger partial charge in [0.2, 0.25) is 0 Å². The van der Waals surface area contributed by atoms with Gasteiger partial charge in [-0.2, -0.15) is 0 Å². The van der Waals surface area contributed by atoms with Crippen molar-refractivity contribution in [2.24, 2.45) is 0 Å². The number of phenols is 1. The summed E-state index contributed by atoms with van der Waals surface area (Å²) in [5.74, 6) is -0.0966. The third-order valence-electron chi connectivity index (χ3n) is 1.89. The Morgan fingerprint density at radius 2 is 2.00 bits per heavy atom. The third-order valence-corrected chi connectivity index (χ3v) is 1.89. The van der Waals surface area contributed by atoms with Crippen molar-refractivity contribution < 1.29 is 19.4 Å². The largest absolute Gasteiger partial charge is 0.508 e. The van der Waals surface area contributed by atoms with E-state index in [0.717, 1.165) is 0 Å². The number of esters is 1. The fraction of sp³-hybridized carbons (Fsp3) is 0.300. The van der Waals surface area contributed by atoms with Crippen LogP contribution in [0, 0.1) is 6.92 Å². The standard InChI is InChI=1S/C10H12O4/c1-6-4-7(11)5-8(13-2)9(6)10(12)14-3/h4-5,11H,1-3H3. The van der Waals surface area contributed by atoms with E-state index in [1.807, 2.05) is 0 Å². The van der Waals surface area contributed by atoms with Crippen LogP contribution in [-0.4, -0.2) is 25.3 Å². The minimum Gasteiger partial charge on any atom is -0.508 e. The van der Waals surface area contributed by atoms with Crippen molar-refractivity contribution in [3.8, 4) is 11.5 Å². The first-order valence-electron chi connectivity index (χ1n) is 4.06. The van der Waals surface area contributed by atoms with Gasteiger partial charge in [0.1, 0.15) is 17.1 Å². The van der Waals surface area contributed by atoms with E-state index in [1.54, 1.807) is 6.92 Å². The highest BCUT2D eigenvalue weighted by atomic mass is 16.5. The fourth-order valence-corrected chi connectivity index (χ4v) is 1.26. The number of carbonyl (C=O) groups is 1. The van der Waals surface area contributed by atoms with Gasteiger partial charge in [-0.1, -0.05) is 0 Å². The average Bonchev–Trinajstić information content (AvgIpc) is 2.15. The second kappa shape index (κ2) is 4.00.